The Morgan fingerprint density at radius 3 is 2.55 bits per heavy atom. The summed E-state index contributed by atoms with van der Waals surface area (Å²) in [6, 6.07) is 5.33. The van der Waals surface area contributed by atoms with Crippen molar-refractivity contribution in [3.63, 3.8) is 0 Å². The highest BCUT2D eigenvalue weighted by Gasteiger charge is 2.27. The van der Waals surface area contributed by atoms with Crippen LogP contribution in [0.15, 0.2) is 29.2 Å². The zero-order chi connectivity index (χ0) is 15.3. The highest BCUT2D eigenvalue weighted by molar-refractivity contribution is 7.89. The van der Waals surface area contributed by atoms with Crippen LogP contribution in [-0.4, -0.2) is 62.3 Å². The van der Waals surface area contributed by atoms with Crippen molar-refractivity contribution in [3.8, 4) is 0 Å². The molecule has 0 amide bonds. The van der Waals surface area contributed by atoms with Gasteiger partial charge in [0.2, 0.25) is 10.0 Å². The van der Waals surface area contributed by atoms with Gasteiger partial charge in [0.1, 0.15) is 0 Å². The van der Waals surface area contributed by atoms with Gasteiger partial charge in [0.25, 0.3) is 0 Å². The maximum absolute atomic E-state index is 12.3. The molecular formula is C12H17NO6S. The molecule has 1 aromatic carbocycles. The first-order valence-corrected chi connectivity index (χ1v) is 7.20. The average molecular weight is 303 g/mol. The summed E-state index contributed by atoms with van der Waals surface area (Å²) in [6.07, 6.45) is -0.989. The summed E-state index contributed by atoms with van der Waals surface area (Å²) in [5, 5.41) is 18.6. The molecule has 8 heteroatoms. The summed E-state index contributed by atoms with van der Waals surface area (Å²) in [7, 11) is -1.33. The van der Waals surface area contributed by atoms with E-state index in [1.54, 1.807) is 0 Å². The van der Waals surface area contributed by atoms with Gasteiger partial charge in [-0.3, -0.25) is 0 Å². The number of nitrogens with zero attached hydrogens (tertiary/aromatic N) is 1. The molecule has 0 heterocycles. The molecule has 0 saturated heterocycles. The number of aromatic carboxylic acids is 1. The molecule has 0 aliphatic carbocycles. The lowest BCUT2D eigenvalue weighted by atomic mass is 10.2. The predicted octanol–water partition coefficient (Wildman–Crippen LogP) is 0.0126. The number of rotatable bonds is 7. The van der Waals surface area contributed by atoms with E-state index in [0.29, 0.717) is 0 Å². The van der Waals surface area contributed by atoms with Crippen LogP contribution in [-0.2, 0) is 14.8 Å². The van der Waals surface area contributed by atoms with Gasteiger partial charge in [0, 0.05) is 20.7 Å². The van der Waals surface area contributed by atoms with Gasteiger partial charge < -0.3 is 14.9 Å². The number of aliphatic hydroxyl groups excluding tert-OH is 1. The number of sulfonamides is 1. The van der Waals surface area contributed by atoms with Gasteiger partial charge in [-0.05, 0) is 12.1 Å². The van der Waals surface area contributed by atoms with E-state index in [4.69, 9.17) is 9.84 Å². The van der Waals surface area contributed by atoms with Gasteiger partial charge in [0.15, 0.2) is 0 Å². The van der Waals surface area contributed by atoms with Crippen LogP contribution in [0.25, 0.3) is 0 Å². The maximum atomic E-state index is 12.3. The molecule has 0 radical (unpaired) electrons. The maximum Gasteiger partial charge on any atom is 0.337 e. The molecule has 1 atom stereocenters. The van der Waals surface area contributed by atoms with Crippen molar-refractivity contribution in [2.45, 2.75) is 11.0 Å². The van der Waals surface area contributed by atoms with E-state index < -0.39 is 22.1 Å². The number of benzene rings is 1. The molecule has 1 rings (SSSR count). The number of aliphatic hydroxyl groups is 1. The number of carbonyl (C=O) groups is 1. The number of methoxy groups -OCH3 is 1. The van der Waals surface area contributed by atoms with Gasteiger partial charge in [-0.15, -0.1) is 0 Å². The minimum atomic E-state index is -3.99. The Hall–Kier alpha value is -1.48. The van der Waals surface area contributed by atoms with Crippen molar-refractivity contribution in [3.05, 3.63) is 29.8 Å². The van der Waals surface area contributed by atoms with Crippen molar-refractivity contribution in [1.29, 1.82) is 0 Å². The SMILES string of the molecule is COCC(O)CN(C)S(=O)(=O)c1ccccc1C(=O)O. The van der Waals surface area contributed by atoms with Crippen molar-refractivity contribution in [2.24, 2.45) is 0 Å². The minimum Gasteiger partial charge on any atom is -0.478 e. The molecule has 1 aromatic rings. The summed E-state index contributed by atoms with van der Waals surface area (Å²) >= 11 is 0. The lowest BCUT2D eigenvalue weighted by molar-refractivity contribution is 0.0554. The third kappa shape index (κ3) is 3.76. The number of carboxylic acid groups (broad SMARTS) is 1. The number of carboxylic acids is 1. The Labute approximate surface area is 117 Å². The summed E-state index contributed by atoms with van der Waals surface area (Å²) in [4.78, 5) is 10.8. The van der Waals surface area contributed by atoms with Crippen molar-refractivity contribution >= 4 is 16.0 Å². The quantitative estimate of drug-likeness (QED) is 0.735. The molecule has 0 fully saturated rings. The summed E-state index contributed by atoms with van der Waals surface area (Å²) in [5.41, 5.74) is -0.305. The first-order valence-electron chi connectivity index (χ1n) is 5.76. The second-order valence-corrected chi connectivity index (χ2v) is 6.21. The zero-order valence-corrected chi connectivity index (χ0v) is 12.0. The van der Waals surface area contributed by atoms with E-state index in [-0.39, 0.29) is 23.6 Å². The van der Waals surface area contributed by atoms with Crippen LogP contribution in [0.5, 0.6) is 0 Å². The smallest absolute Gasteiger partial charge is 0.337 e. The van der Waals surface area contributed by atoms with Crippen molar-refractivity contribution < 1.29 is 28.2 Å². The normalized spacial score (nSPS) is 13.4. The molecule has 0 bridgehead atoms. The van der Waals surface area contributed by atoms with Crippen LogP contribution in [0.3, 0.4) is 0 Å². The third-order valence-corrected chi connectivity index (χ3v) is 4.51. The van der Waals surface area contributed by atoms with E-state index in [0.717, 1.165) is 4.31 Å². The van der Waals surface area contributed by atoms with Crippen LogP contribution in [0.2, 0.25) is 0 Å². The Bertz CT molecular complexity index is 571. The van der Waals surface area contributed by atoms with E-state index >= 15 is 0 Å². The number of hydrogen-bond acceptors (Lipinski definition) is 5. The van der Waals surface area contributed by atoms with Gasteiger partial charge in [0.05, 0.1) is 23.2 Å². The fourth-order valence-electron chi connectivity index (χ4n) is 1.68. The molecule has 2 N–H and O–H groups in total. The molecule has 0 aliphatic rings. The Morgan fingerprint density at radius 2 is 2.00 bits per heavy atom. The third-order valence-electron chi connectivity index (χ3n) is 2.63. The second-order valence-electron chi connectivity index (χ2n) is 4.20. The Kier molecular flexibility index (Phi) is 5.63. The molecule has 20 heavy (non-hydrogen) atoms. The van der Waals surface area contributed by atoms with Crippen LogP contribution in [0.1, 0.15) is 10.4 Å². The predicted molar refractivity (Wildman–Crippen MR) is 71.1 cm³/mol. The van der Waals surface area contributed by atoms with Crippen LogP contribution in [0, 0.1) is 0 Å². The van der Waals surface area contributed by atoms with Crippen LogP contribution >= 0.6 is 0 Å². The van der Waals surface area contributed by atoms with Crippen molar-refractivity contribution in [2.75, 3.05) is 27.3 Å². The number of likely N-dealkylation sites (N-methyl/N-ethyl adjacent to an activating group) is 1. The standard InChI is InChI=1S/C12H17NO6S/c1-13(7-9(14)8-19-2)20(17,18)11-6-4-3-5-10(11)12(15)16/h3-6,9,14H,7-8H2,1-2H3,(H,15,16). The molecule has 7 nitrogen and oxygen atoms in total. The number of hydrogen-bond donors (Lipinski definition) is 2. The average Bonchev–Trinajstić information content (AvgIpc) is 2.38. The fraction of sp³-hybridized carbons (Fsp3) is 0.417. The molecule has 1 unspecified atom stereocenters. The lowest BCUT2D eigenvalue weighted by Gasteiger charge is -2.21. The Morgan fingerprint density at radius 1 is 1.40 bits per heavy atom. The molecule has 0 spiro atoms. The topological polar surface area (TPSA) is 104 Å². The first kappa shape index (κ1) is 16.6. The summed E-state index contributed by atoms with van der Waals surface area (Å²) in [6.45, 7) is -0.204. The van der Waals surface area contributed by atoms with Gasteiger partial charge >= 0.3 is 5.97 Å². The highest BCUT2D eigenvalue weighted by Crippen LogP contribution is 2.19. The summed E-state index contributed by atoms with van der Waals surface area (Å²) < 4.78 is 30.2. The molecule has 0 aliphatic heterocycles. The fourth-order valence-corrected chi connectivity index (χ4v) is 3.06. The second kappa shape index (κ2) is 6.80. The molecule has 0 aromatic heterocycles. The number of ether oxygens (including phenoxy) is 1. The molecule has 112 valence electrons. The zero-order valence-electron chi connectivity index (χ0n) is 11.2. The molecule has 0 saturated carbocycles. The van der Waals surface area contributed by atoms with Gasteiger partial charge in [-0.25, -0.2) is 13.2 Å². The van der Waals surface area contributed by atoms with E-state index in [1.807, 2.05) is 0 Å². The summed E-state index contributed by atoms with van der Waals surface area (Å²) in [5.74, 6) is -1.32. The molecular weight excluding hydrogens is 286 g/mol. The highest BCUT2D eigenvalue weighted by atomic mass is 32.2. The van der Waals surface area contributed by atoms with E-state index in [2.05, 4.69) is 0 Å². The van der Waals surface area contributed by atoms with Gasteiger partial charge in [-0.2, -0.15) is 4.31 Å². The lowest BCUT2D eigenvalue weighted by Crippen LogP contribution is -2.36. The van der Waals surface area contributed by atoms with Crippen molar-refractivity contribution in [1.82, 2.24) is 4.31 Å². The Balaban J connectivity index is 3.08. The minimum absolute atomic E-state index is 0.0135. The monoisotopic (exact) mass is 303 g/mol. The van der Waals surface area contributed by atoms with Gasteiger partial charge in [-0.1, -0.05) is 12.1 Å². The van der Waals surface area contributed by atoms with Crippen LogP contribution in [0.4, 0.5) is 0 Å². The first-order chi connectivity index (χ1) is 9.30. The van der Waals surface area contributed by atoms with E-state index in [1.165, 1.54) is 38.4 Å². The largest absolute Gasteiger partial charge is 0.478 e. The van der Waals surface area contributed by atoms with E-state index in [9.17, 15) is 18.3 Å². The van der Waals surface area contributed by atoms with Crippen LogP contribution < -0.4 is 0 Å².